The van der Waals surface area contributed by atoms with Gasteiger partial charge in [-0.05, 0) is 23.6 Å². The van der Waals surface area contributed by atoms with Gasteiger partial charge in [-0.1, -0.05) is 26.0 Å². The highest BCUT2D eigenvalue weighted by molar-refractivity contribution is 5.28. The van der Waals surface area contributed by atoms with E-state index in [9.17, 15) is 0 Å². The first-order valence-electron chi connectivity index (χ1n) is 4.55. The SMILES string of the molecule is CC(C)[C@@H](CO)c1ccc(O)cc1. The van der Waals surface area contributed by atoms with Gasteiger partial charge < -0.3 is 10.2 Å². The van der Waals surface area contributed by atoms with E-state index >= 15 is 0 Å². The zero-order chi connectivity index (χ0) is 9.84. The maximum absolute atomic E-state index is 9.16. The fourth-order valence-corrected chi connectivity index (χ4v) is 1.42. The molecule has 0 bridgehead atoms. The summed E-state index contributed by atoms with van der Waals surface area (Å²) >= 11 is 0. The number of phenols is 1. The average Bonchev–Trinajstić information content (AvgIpc) is 2.09. The van der Waals surface area contributed by atoms with Gasteiger partial charge in [-0.25, -0.2) is 0 Å². The van der Waals surface area contributed by atoms with Crippen molar-refractivity contribution in [1.82, 2.24) is 0 Å². The molecule has 0 aliphatic rings. The molecule has 1 atom stereocenters. The Morgan fingerprint density at radius 2 is 1.69 bits per heavy atom. The first kappa shape index (κ1) is 10.1. The Hall–Kier alpha value is -1.02. The van der Waals surface area contributed by atoms with Crippen LogP contribution in [0.1, 0.15) is 25.3 Å². The molecule has 2 heteroatoms. The number of rotatable bonds is 3. The molecule has 2 nitrogen and oxygen atoms in total. The second-order valence-electron chi connectivity index (χ2n) is 3.62. The summed E-state index contributed by atoms with van der Waals surface area (Å²) in [7, 11) is 0. The lowest BCUT2D eigenvalue weighted by Crippen LogP contribution is -2.10. The Kier molecular flexibility index (Phi) is 3.32. The van der Waals surface area contributed by atoms with Crippen LogP contribution in [0.2, 0.25) is 0 Å². The van der Waals surface area contributed by atoms with Gasteiger partial charge in [0.25, 0.3) is 0 Å². The van der Waals surface area contributed by atoms with Gasteiger partial charge >= 0.3 is 0 Å². The van der Waals surface area contributed by atoms with Crippen LogP contribution in [0.4, 0.5) is 0 Å². The molecule has 0 aliphatic carbocycles. The Morgan fingerprint density at radius 3 is 2.08 bits per heavy atom. The fourth-order valence-electron chi connectivity index (χ4n) is 1.42. The molecular formula is C11H16O2. The summed E-state index contributed by atoms with van der Waals surface area (Å²) in [6.45, 7) is 4.31. The third-order valence-electron chi connectivity index (χ3n) is 2.32. The molecule has 1 rings (SSSR count). The summed E-state index contributed by atoms with van der Waals surface area (Å²) in [5.74, 6) is 0.847. The molecular weight excluding hydrogens is 164 g/mol. The van der Waals surface area contributed by atoms with Crippen molar-refractivity contribution < 1.29 is 10.2 Å². The Bertz CT molecular complexity index is 251. The predicted molar refractivity (Wildman–Crippen MR) is 52.8 cm³/mol. The van der Waals surface area contributed by atoms with Crippen LogP contribution in [0, 0.1) is 5.92 Å². The van der Waals surface area contributed by atoms with Crippen LogP contribution in [-0.2, 0) is 0 Å². The minimum Gasteiger partial charge on any atom is -0.508 e. The van der Waals surface area contributed by atoms with E-state index in [2.05, 4.69) is 13.8 Å². The van der Waals surface area contributed by atoms with Gasteiger partial charge in [0, 0.05) is 5.92 Å². The lowest BCUT2D eigenvalue weighted by molar-refractivity contribution is 0.237. The Balaban J connectivity index is 2.86. The summed E-state index contributed by atoms with van der Waals surface area (Å²) in [5.41, 5.74) is 1.08. The van der Waals surface area contributed by atoms with Crippen molar-refractivity contribution in [2.24, 2.45) is 5.92 Å². The number of benzene rings is 1. The smallest absolute Gasteiger partial charge is 0.115 e. The highest BCUT2D eigenvalue weighted by Crippen LogP contribution is 2.24. The van der Waals surface area contributed by atoms with Crippen molar-refractivity contribution in [2.45, 2.75) is 19.8 Å². The number of aliphatic hydroxyl groups excluding tert-OH is 1. The van der Waals surface area contributed by atoms with Crippen molar-refractivity contribution >= 4 is 0 Å². The second kappa shape index (κ2) is 4.28. The zero-order valence-corrected chi connectivity index (χ0v) is 8.07. The largest absolute Gasteiger partial charge is 0.508 e. The molecule has 0 fully saturated rings. The van der Waals surface area contributed by atoms with E-state index in [0.29, 0.717) is 5.92 Å². The maximum Gasteiger partial charge on any atom is 0.115 e. The molecule has 72 valence electrons. The second-order valence-corrected chi connectivity index (χ2v) is 3.62. The van der Waals surface area contributed by atoms with Crippen LogP contribution in [0.25, 0.3) is 0 Å². The van der Waals surface area contributed by atoms with Crippen LogP contribution in [0.15, 0.2) is 24.3 Å². The van der Waals surface area contributed by atoms with Crippen LogP contribution in [0.5, 0.6) is 5.75 Å². The topological polar surface area (TPSA) is 40.5 Å². The molecule has 0 radical (unpaired) electrons. The summed E-state index contributed by atoms with van der Waals surface area (Å²) in [6, 6.07) is 7.02. The zero-order valence-electron chi connectivity index (χ0n) is 8.07. The van der Waals surface area contributed by atoms with E-state index in [1.165, 1.54) is 0 Å². The van der Waals surface area contributed by atoms with Gasteiger partial charge in [-0.3, -0.25) is 0 Å². The lowest BCUT2D eigenvalue weighted by atomic mass is 9.89. The minimum absolute atomic E-state index is 0.155. The summed E-state index contributed by atoms with van der Waals surface area (Å²) in [4.78, 5) is 0. The summed E-state index contributed by atoms with van der Waals surface area (Å²) < 4.78 is 0. The molecule has 0 saturated carbocycles. The minimum atomic E-state index is 0.155. The number of aliphatic hydroxyl groups is 1. The Morgan fingerprint density at radius 1 is 1.15 bits per heavy atom. The van der Waals surface area contributed by atoms with E-state index in [4.69, 9.17) is 10.2 Å². The third kappa shape index (κ3) is 2.46. The summed E-state index contributed by atoms with van der Waals surface area (Å²) in [6.07, 6.45) is 0. The van der Waals surface area contributed by atoms with Gasteiger partial charge in [0.05, 0.1) is 6.61 Å². The van der Waals surface area contributed by atoms with Crippen LogP contribution >= 0.6 is 0 Å². The van der Waals surface area contributed by atoms with Gasteiger partial charge in [0.1, 0.15) is 5.75 Å². The van der Waals surface area contributed by atoms with Crippen LogP contribution in [-0.4, -0.2) is 16.8 Å². The van der Waals surface area contributed by atoms with Crippen molar-refractivity contribution in [3.8, 4) is 5.75 Å². The van der Waals surface area contributed by atoms with Crippen LogP contribution < -0.4 is 0 Å². The van der Waals surface area contributed by atoms with Crippen molar-refractivity contribution in [3.63, 3.8) is 0 Å². The fraction of sp³-hybridized carbons (Fsp3) is 0.455. The van der Waals surface area contributed by atoms with E-state index in [0.717, 1.165) is 5.56 Å². The van der Waals surface area contributed by atoms with Gasteiger partial charge in [0.15, 0.2) is 0 Å². The van der Waals surface area contributed by atoms with Gasteiger partial charge in [-0.2, -0.15) is 0 Å². The molecule has 0 aromatic heterocycles. The molecule has 0 aliphatic heterocycles. The quantitative estimate of drug-likeness (QED) is 0.748. The molecule has 0 spiro atoms. The Labute approximate surface area is 78.8 Å². The molecule has 1 aromatic carbocycles. The molecule has 0 heterocycles. The highest BCUT2D eigenvalue weighted by Gasteiger charge is 2.13. The maximum atomic E-state index is 9.16. The van der Waals surface area contributed by atoms with E-state index in [1.54, 1.807) is 12.1 Å². The normalized spacial score (nSPS) is 13.2. The highest BCUT2D eigenvalue weighted by atomic mass is 16.3. The van der Waals surface area contributed by atoms with Gasteiger partial charge in [0.2, 0.25) is 0 Å². The number of phenolic OH excluding ortho intramolecular Hbond substituents is 1. The van der Waals surface area contributed by atoms with Crippen molar-refractivity contribution in [1.29, 1.82) is 0 Å². The number of hydrogen-bond acceptors (Lipinski definition) is 2. The molecule has 0 saturated heterocycles. The lowest BCUT2D eigenvalue weighted by Gasteiger charge is -2.18. The van der Waals surface area contributed by atoms with E-state index in [1.807, 2.05) is 12.1 Å². The standard InChI is InChI=1S/C11H16O2/c1-8(2)11(7-12)9-3-5-10(13)6-4-9/h3-6,8,11-13H,7H2,1-2H3/t11-/m1/s1. The number of hydrogen-bond donors (Lipinski definition) is 2. The van der Waals surface area contributed by atoms with Crippen molar-refractivity contribution in [2.75, 3.05) is 6.61 Å². The van der Waals surface area contributed by atoms with Crippen molar-refractivity contribution in [3.05, 3.63) is 29.8 Å². The predicted octanol–water partition coefficient (Wildman–Crippen LogP) is 2.12. The first-order valence-corrected chi connectivity index (χ1v) is 4.55. The summed E-state index contributed by atoms with van der Waals surface area (Å²) in [5, 5.41) is 18.2. The third-order valence-corrected chi connectivity index (χ3v) is 2.32. The molecule has 1 aromatic rings. The first-order chi connectivity index (χ1) is 6.15. The van der Waals surface area contributed by atoms with Crippen LogP contribution in [0.3, 0.4) is 0 Å². The molecule has 0 unspecified atom stereocenters. The van der Waals surface area contributed by atoms with Gasteiger partial charge in [-0.15, -0.1) is 0 Å². The monoisotopic (exact) mass is 180 g/mol. The van der Waals surface area contributed by atoms with E-state index < -0.39 is 0 Å². The molecule has 0 amide bonds. The van der Waals surface area contributed by atoms with E-state index in [-0.39, 0.29) is 18.3 Å². The number of aromatic hydroxyl groups is 1. The molecule has 13 heavy (non-hydrogen) atoms. The average molecular weight is 180 g/mol. The molecule has 2 N–H and O–H groups in total.